The van der Waals surface area contributed by atoms with Crippen LogP contribution < -0.4 is 5.32 Å². The van der Waals surface area contributed by atoms with Crippen LogP contribution in [0.25, 0.3) is 0 Å². The highest BCUT2D eigenvalue weighted by Crippen LogP contribution is 2.17. The number of nitrogens with one attached hydrogen (secondary N) is 1. The number of ether oxygens (including phenoxy) is 1. The maximum Gasteiger partial charge on any atom is 0.310 e. The van der Waals surface area contributed by atoms with Crippen LogP contribution in [0.3, 0.4) is 0 Å². The van der Waals surface area contributed by atoms with Gasteiger partial charge in [-0.05, 0) is 52.9 Å². The Bertz CT molecular complexity index is 209. The molecule has 94 valence electrons. The van der Waals surface area contributed by atoms with Gasteiger partial charge in [0.05, 0.1) is 12.5 Å². The van der Waals surface area contributed by atoms with Gasteiger partial charge in [0.15, 0.2) is 0 Å². The van der Waals surface area contributed by atoms with Crippen LogP contribution in [0.15, 0.2) is 0 Å². The molecule has 0 aromatic rings. The number of likely N-dealkylation sites (tertiary alicyclic amines) is 1. The molecule has 0 bridgehead atoms. The Morgan fingerprint density at radius 3 is 3.06 bits per heavy atom. The molecule has 1 unspecified atom stereocenters. The lowest BCUT2D eigenvalue weighted by atomic mass is 9.98. The molecule has 1 saturated heterocycles. The number of piperidine rings is 1. The van der Waals surface area contributed by atoms with Gasteiger partial charge in [-0.2, -0.15) is 0 Å². The summed E-state index contributed by atoms with van der Waals surface area (Å²) in [5, 5.41) is 3.14. The van der Waals surface area contributed by atoms with E-state index in [1.165, 1.54) is 0 Å². The minimum atomic E-state index is -0.0131. The van der Waals surface area contributed by atoms with Gasteiger partial charge in [-0.1, -0.05) is 0 Å². The van der Waals surface area contributed by atoms with Gasteiger partial charge in [0.25, 0.3) is 0 Å². The minimum Gasteiger partial charge on any atom is -0.466 e. The molecule has 1 fully saturated rings. The van der Waals surface area contributed by atoms with Crippen molar-refractivity contribution < 1.29 is 9.53 Å². The van der Waals surface area contributed by atoms with Crippen LogP contribution in [0.5, 0.6) is 0 Å². The molecule has 0 aliphatic carbocycles. The lowest BCUT2D eigenvalue weighted by Gasteiger charge is -2.31. The van der Waals surface area contributed by atoms with Crippen molar-refractivity contribution in [1.82, 2.24) is 10.2 Å². The molecule has 0 spiro atoms. The topological polar surface area (TPSA) is 41.6 Å². The summed E-state index contributed by atoms with van der Waals surface area (Å²) in [5.74, 6) is 0.0871. The van der Waals surface area contributed by atoms with Crippen LogP contribution in [0.1, 0.15) is 26.2 Å². The van der Waals surface area contributed by atoms with Crippen molar-refractivity contribution in [2.24, 2.45) is 5.92 Å². The van der Waals surface area contributed by atoms with Crippen molar-refractivity contribution in [3.63, 3.8) is 0 Å². The van der Waals surface area contributed by atoms with Crippen LogP contribution in [0.2, 0.25) is 0 Å². The van der Waals surface area contributed by atoms with Crippen LogP contribution in [-0.2, 0) is 9.53 Å². The molecule has 0 aromatic carbocycles. The SMILES string of the molecule is CCOC(=O)C1CCCN(CCCNC)C1. The maximum absolute atomic E-state index is 11.6. The van der Waals surface area contributed by atoms with Gasteiger partial charge in [0.2, 0.25) is 0 Å². The third kappa shape index (κ3) is 4.49. The average Bonchev–Trinajstić information content (AvgIpc) is 2.30. The first-order valence-electron chi connectivity index (χ1n) is 6.31. The summed E-state index contributed by atoms with van der Waals surface area (Å²) < 4.78 is 5.08. The van der Waals surface area contributed by atoms with E-state index in [0.29, 0.717) is 6.61 Å². The van der Waals surface area contributed by atoms with Crippen LogP contribution in [0, 0.1) is 5.92 Å². The number of esters is 1. The summed E-state index contributed by atoms with van der Waals surface area (Å²) in [6.07, 6.45) is 3.25. The molecule has 4 nitrogen and oxygen atoms in total. The number of rotatable bonds is 6. The van der Waals surface area contributed by atoms with Gasteiger partial charge < -0.3 is 15.0 Å². The third-order valence-corrected chi connectivity index (χ3v) is 3.03. The Labute approximate surface area is 98.3 Å². The van der Waals surface area contributed by atoms with E-state index in [1.54, 1.807) is 0 Å². The van der Waals surface area contributed by atoms with E-state index in [4.69, 9.17) is 4.74 Å². The van der Waals surface area contributed by atoms with Crippen molar-refractivity contribution in [2.75, 3.05) is 39.8 Å². The number of hydrogen-bond donors (Lipinski definition) is 1. The molecule has 1 atom stereocenters. The molecular formula is C12H24N2O2. The van der Waals surface area contributed by atoms with Crippen molar-refractivity contribution in [3.05, 3.63) is 0 Å². The quantitative estimate of drug-likeness (QED) is 0.541. The van der Waals surface area contributed by atoms with Crippen molar-refractivity contribution in [1.29, 1.82) is 0 Å². The molecule has 1 rings (SSSR count). The Kier molecular flexibility index (Phi) is 6.42. The molecule has 1 N–H and O–H groups in total. The normalized spacial score (nSPS) is 22.0. The highest BCUT2D eigenvalue weighted by atomic mass is 16.5. The lowest BCUT2D eigenvalue weighted by Crippen LogP contribution is -2.40. The molecule has 1 heterocycles. The van der Waals surface area contributed by atoms with E-state index in [1.807, 2.05) is 14.0 Å². The molecule has 4 heteroatoms. The molecule has 1 aliphatic rings. The highest BCUT2D eigenvalue weighted by molar-refractivity contribution is 5.72. The summed E-state index contributed by atoms with van der Waals surface area (Å²) in [7, 11) is 1.97. The second-order valence-corrected chi connectivity index (χ2v) is 4.35. The number of hydrogen-bond acceptors (Lipinski definition) is 4. The molecule has 16 heavy (non-hydrogen) atoms. The molecular weight excluding hydrogens is 204 g/mol. The largest absolute Gasteiger partial charge is 0.466 e. The van der Waals surface area contributed by atoms with E-state index < -0.39 is 0 Å². The van der Waals surface area contributed by atoms with E-state index in [2.05, 4.69) is 10.2 Å². The smallest absolute Gasteiger partial charge is 0.310 e. The Morgan fingerprint density at radius 2 is 2.38 bits per heavy atom. The first-order valence-corrected chi connectivity index (χ1v) is 6.31. The standard InChI is InChI=1S/C12H24N2O2/c1-3-16-12(15)11-6-4-8-14(10-11)9-5-7-13-2/h11,13H,3-10H2,1-2H3. The first-order chi connectivity index (χ1) is 7.77. The summed E-state index contributed by atoms with van der Waals surface area (Å²) in [4.78, 5) is 14.0. The molecule has 0 amide bonds. The lowest BCUT2D eigenvalue weighted by molar-refractivity contribution is -0.149. The van der Waals surface area contributed by atoms with Gasteiger partial charge in [0.1, 0.15) is 0 Å². The number of carbonyl (C=O) groups excluding carboxylic acids is 1. The summed E-state index contributed by atoms with van der Waals surface area (Å²) >= 11 is 0. The Hall–Kier alpha value is -0.610. The second-order valence-electron chi connectivity index (χ2n) is 4.35. The first kappa shape index (κ1) is 13.5. The monoisotopic (exact) mass is 228 g/mol. The fourth-order valence-electron chi connectivity index (χ4n) is 2.19. The number of nitrogens with zero attached hydrogens (tertiary/aromatic N) is 1. The van der Waals surface area contributed by atoms with Gasteiger partial charge >= 0.3 is 5.97 Å². The van der Waals surface area contributed by atoms with Gasteiger partial charge in [-0.25, -0.2) is 0 Å². The van der Waals surface area contributed by atoms with Crippen LogP contribution in [0.4, 0.5) is 0 Å². The molecule has 0 saturated carbocycles. The second kappa shape index (κ2) is 7.63. The van der Waals surface area contributed by atoms with Gasteiger partial charge in [0, 0.05) is 6.54 Å². The minimum absolute atomic E-state index is 0.0131. The molecule has 0 radical (unpaired) electrons. The molecule has 0 aromatic heterocycles. The average molecular weight is 228 g/mol. The zero-order chi connectivity index (χ0) is 11.8. The highest BCUT2D eigenvalue weighted by Gasteiger charge is 2.26. The van der Waals surface area contributed by atoms with Crippen LogP contribution in [-0.4, -0.2) is 50.7 Å². The zero-order valence-electron chi connectivity index (χ0n) is 10.5. The van der Waals surface area contributed by atoms with Crippen molar-refractivity contribution in [2.45, 2.75) is 26.2 Å². The van der Waals surface area contributed by atoms with Gasteiger partial charge in [-0.15, -0.1) is 0 Å². The fraction of sp³-hybridized carbons (Fsp3) is 0.917. The summed E-state index contributed by atoms with van der Waals surface area (Å²) in [5.41, 5.74) is 0. The van der Waals surface area contributed by atoms with Crippen LogP contribution >= 0.6 is 0 Å². The third-order valence-electron chi connectivity index (χ3n) is 3.03. The van der Waals surface area contributed by atoms with E-state index >= 15 is 0 Å². The van der Waals surface area contributed by atoms with E-state index in [-0.39, 0.29) is 11.9 Å². The molecule has 1 aliphatic heterocycles. The predicted molar refractivity (Wildman–Crippen MR) is 64.3 cm³/mol. The summed E-state index contributed by atoms with van der Waals surface area (Å²) in [6.45, 7) is 6.49. The van der Waals surface area contributed by atoms with Crippen molar-refractivity contribution in [3.8, 4) is 0 Å². The van der Waals surface area contributed by atoms with E-state index in [0.717, 1.165) is 45.4 Å². The Balaban J connectivity index is 2.26. The zero-order valence-corrected chi connectivity index (χ0v) is 10.5. The Morgan fingerprint density at radius 1 is 1.56 bits per heavy atom. The van der Waals surface area contributed by atoms with E-state index in [9.17, 15) is 4.79 Å². The fourth-order valence-corrected chi connectivity index (χ4v) is 2.19. The van der Waals surface area contributed by atoms with Crippen molar-refractivity contribution >= 4 is 5.97 Å². The predicted octanol–water partition coefficient (Wildman–Crippen LogP) is 0.871. The summed E-state index contributed by atoms with van der Waals surface area (Å²) in [6, 6.07) is 0. The maximum atomic E-state index is 11.6. The van der Waals surface area contributed by atoms with Gasteiger partial charge in [-0.3, -0.25) is 4.79 Å². The number of carbonyl (C=O) groups is 1.